The molecule has 0 bridgehead atoms. The van der Waals surface area contributed by atoms with E-state index in [-0.39, 0.29) is 19.6 Å². The molecule has 1 heterocycles. The lowest BCUT2D eigenvalue weighted by Crippen LogP contribution is -2.57. The Morgan fingerprint density at radius 3 is 2.30 bits per heavy atom. The summed E-state index contributed by atoms with van der Waals surface area (Å²) >= 11 is 0. The van der Waals surface area contributed by atoms with Crippen LogP contribution in [0.25, 0.3) is 0 Å². The smallest absolute Gasteiger partial charge is 0.434 e. The summed E-state index contributed by atoms with van der Waals surface area (Å²) in [7, 11) is 1.48. The molecule has 0 spiro atoms. The second kappa shape index (κ2) is 8.34. The first-order valence-corrected chi connectivity index (χ1v) is 7.94. The van der Waals surface area contributed by atoms with Gasteiger partial charge in [0.1, 0.15) is 11.8 Å². The summed E-state index contributed by atoms with van der Waals surface area (Å²) in [5.74, 6) is -0.983. The third-order valence-corrected chi connectivity index (χ3v) is 4.00. The number of piperazine rings is 1. The van der Waals surface area contributed by atoms with Gasteiger partial charge in [-0.1, -0.05) is 12.1 Å². The van der Waals surface area contributed by atoms with E-state index in [1.54, 1.807) is 24.3 Å². The summed E-state index contributed by atoms with van der Waals surface area (Å²) in [5.41, 5.74) is 0.721. The van der Waals surface area contributed by atoms with Crippen molar-refractivity contribution in [3.63, 3.8) is 0 Å². The van der Waals surface area contributed by atoms with E-state index in [1.807, 2.05) is 0 Å². The van der Waals surface area contributed by atoms with Crippen molar-refractivity contribution in [3.8, 4) is 5.75 Å². The van der Waals surface area contributed by atoms with Crippen LogP contribution < -0.4 is 10.1 Å². The maximum atomic E-state index is 12.6. The van der Waals surface area contributed by atoms with E-state index < -0.39 is 30.5 Å². The fraction of sp³-hybridized carbons (Fsp3) is 0.562. The van der Waals surface area contributed by atoms with Gasteiger partial charge in [-0.2, -0.15) is 26.3 Å². The van der Waals surface area contributed by atoms with Crippen LogP contribution >= 0.6 is 0 Å². The third-order valence-electron chi connectivity index (χ3n) is 4.00. The first kappa shape index (κ1) is 21.3. The van der Waals surface area contributed by atoms with Crippen LogP contribution in [0.4, 0.5) is 26.3 Å². The molecule has 1 aliphatic rings. The molecule has 1 aromatic carbocycles. The largest absolute Gasteiger partial charge is 0.497 e. The first-order valence-electron chi connectivity index (χ1n) is 7.94. The van der Waals surface area contributed by atoms with Gasteiger partial charge in [0.05, 0.1) is 7.11 Å². The van der Waals surface area contributed by atoms with Gasteiger partial charge in [-0.15, -0.1) is 0 Å². The van der Waals surface area contributed by atoms with Crippen LogP contribution in [0.15, 0.2) is 24.3 Å². The molecular weight excluding hydrogens is 382 g/mol. The number of carbonyl (C=O) groups excluding carboxylic acids is 1. The average Bonchev–Trinajstić information content (AvgIpc) is 2.58. The van der Waals surface area contributed by atoms with Gasteiger partial charge >= 0.3 is 18.3 Å². The summed E-state index contributed by atoms with van der Waals surface area (Å²) in [6.07, 6.45) is -15.6. The summed E-state index contributed by atoms with van der Waals surface area (Å²) in [5, 5.41) is 2.78. The third kappa shape index (κ3) is 5.73. The number of halogens is 6. The predicted molar refractivity (Wildman–Crippen MR) is 82.1 cm³/mol. The molecule has 27 heavy (non-hydrogen) atoms. The molecule has 1 unspecified atom stereocenters. The van der Waals surface area contributed by atoms with Gasteiger partial charge in [0.2, 0.25) is 0 Å². The zero-order chi connectivity index (χ0) is 20.2. The molecule has 5 nitrogen and oxygen atoms in total. The lowest BCUT2D eigenvalue weighted by Gasteiger charge is -2.35. The van der Waals surface area contributed by atoms with Gasteiger partial charge in [0.15, 0.2) is 0 Å². The number of benzene rings is 1. The number of nitrogens with zero attached hydrogens (tertiary/aromatic N) is 1. The van der Waals surface area contributed by atoms with E-state index in [4.69, 9.17) is 4.74 Å². The Balaban J connectivity index is 2.11. The normalized spacial score (nSPS) is 19.2. The lowest BCUT2D eigenvalue weighted by molar-refractivity contribution is -0.314. The van der Waals surface area contributed by atoms with E-state index in [0.29, 0.717) is 12.3 Å². The van der Waals surface area contributed by atoms with Crippen LogP contribution in [0.1, 0.15) is 5.56 Å². The molecule has 1 N–H and O–H groups in total. The Kier molecular flexibility index (Phi) is 6.58. The van der Waals surface area contributed by atoms with Crippen LogP contribution in [0.2, 0.25) is 0 Å². The summed E-state index contributed by atoms with van der Waals surface area (Å²) in [4.78, 5) is 13.6. The van der Waals surface area contributed by atoms with Gasteiger partial charge in [0, 0.05) is 26.2 Å². The molecule has 1 aliphatic heterocycles. The number of alkyl halides is 6. The number of esters is 1. The number of rotatable bonds is 5. The summed E-state index contributed by atoms with van der Waals surface area (Å²) in [6.45, 7) is 0.738. The Bertz CT molecular complexity index is 619. The molecule has 0 saturated carbocycles. The van der Waals surface area contributed by atoms with Gasteiger partial charge in [-0.25, -0.2) is 0 Å². The SMILES string of the molecule is COc1ccc(CN2CCNCC2C(=O)OC(C(F)(F)F)C(F)(F)F)cc1. The topological polar surface area (TPSA) is 50.8 Å². The second-order valence-corrected chi connectivity index (χ2v) is 5.94. The number of ether oxygens (including phenoxy) is 2. The Labute approximate surface area is 151 Å². The van der Waals surface area contributed by atoms with Crippen LogP contribution in [0, 0.1) is 0 Å². The standard InChI is InChI=1S/C16H18F6N2O3/c1-26-11-4-2-10(3-5-11)9-24-7-6-23-8-12(24)13(25)27-14(15(17,18)19)16(20,21)22/h2-5,12,14,23H,6-9H2,1H3. The molecule has 1 fully saturated rings. The van der Waals surface area contributed by atoms with E-state index in [2.05, 4.69) is 10.1 Å². The molecule has 1 aromatic rings. The van der Waals surface area contributed by atoms with Crippen molar-refractivity contribution in [2.45, 2.75) is 31.0 Å². The molecule has 152 valence electrons. The van der Waals surface area contributed by atoms with E-state index in [9.17, 15) is 31.1 Å². The highest BCUT2D eigenvalue weighted by molar-refractivity contribution is 5.76. The minimum Gasteiger partial charge on any atom is -0.497 e. The summed E-state index contributed by atoms with van der Waals surface area (Å²) in [6, 6.07) is 5.44. The van der Waals surface area contributed by atoms with Crippen molar-refractivity contribution >= 4 is 5.97 Å². The fourth-order valence-corrected chi connectivity index (χ4v) is 2.65. The fourth-order valence-electron chi connectivity index (χ4n) is 2.65. The number of hydrogen-bond donors (Lipinski definition) is 1. The lowest BCUT2D eigenvalue weighted by atomic mass is 10.1. The molecule has 11 heteroatoms. The van der Waals surface area contributed by atoms with Crippen LogP contribution in [0.5, 0.6) is 5.75 Å². The molecule has 0 aromatic heterocycles. The van der Waals surface area contributed by atoms with Crippen molar-refractivity contribution in [2.24, 2.45) is 0 Å². The predicted octanol–water partition coefficient (Wildman–Crippen LogP) is 2.51. The van der Waals surface area contributed by atoms with Gasteiger partial charge in [-0.05, 0) is 17.7 Å². The van der Waals surface area contributed by atoms with Crippen molar-refractivity contribution in [1.82, 2.24) is 10.2 Å². The highest BCUT2D eigenvalue weighted by atomic mass is 19.4. The molecule has 0 aliphatic carbocycles. The van der Waals surface area contributed by atoms with E-state index >= 15 is 0 Å². The quantitative estimate of drug-likeness (QED) is 0.608. The van der Waals surface area contributed by atoms with E-state index in [0.717, 1.165) is 5.56 Å². The first-order chi connectivity index (χ1) is 12.5. The molecule has 1 atom stereocenters. The van der Waals surface area contributed by atoms with Gasteiger partial charge in [0.25, 0.3) is 6.10 Å². The number of nitrogens with one attached hydrogen (secondary N) is 1. The molecule has 0 radical (unpaired) electrons. The van der Waals surface area contributed by atoms with Crippen molar-refractivity contribution in [1.29, 1.82) is 0 Å². The molecule has 0 amide bonds. The minimum absolute atomic E-state index is 0.114. The average molecular weight is 400 g/mol. The number of hydrogen-bond acceptors (Lipinski definition) is 5. The molecule has 1 saturated heterocycles. The van der Waals surface area contributed by atoms with Crippen LogP contribution in [0.3, 0.4) is 0 Å². The molecular formula is C16H18F6N2O3. The van der Waals surface area contributed by atoms with Gasteiger partial charge < -0.3 is 14.8 Å². The van der Waals surface area contributed by atoms with Crippen molar-refractivity contribution < 1.29 is 40.6 Å². The van der Waals surface area contributed by atoms with Crippen LogP contribution in [-0.4, -0.2) is 62.1 Å². The maximum absolute atomic E-state index is 12.6. The molecule has 2 rings (SSSR count). The number of carbonyl (C=O) groups is 1. The van der Waals surface area contributed by atoms with E-state index in [1.165, 1.54) is 12.0 Å². The second-order valence-electron chi connectivity index (χ2n) is 5.94. The highest BCUT2D eigenvalue weighted by Crippen LogP contribution is 2.36. The Morgan fingerprint density at radius 2 is 1.78 bits per heavy atom. The monoisotopic (exact) mass is 400 g/mol. The Hall–Kier alpha value is -2.01. The zero-order valence-corrected chi connectivity index (χ0v) is 14.2. The zero-order valence-electron chi connectivity index (χ0n) is 14.2. The Morgan fingerprint density at radius 1 is 1.19 bits per heavy atom. The minimum atomic E-state index is -5.74. The summed E-state index contributed by atoms with van der Waals surface area (Å²) < 4.78 is 84.6. The van der Waals surface area contributed by atoms with Crippen molar-refractivity contribution in [2.75, 3.05) is 26.7 Å². The van der Waals surface area contributed by atoms with Crippen LogP contribution in [-0.2, 0) is 16.1 Å². The maximum Gasteiger partial charge on any atom is 0.434 e. The van der Waals surface area contributed by atoms with Gasteiger partial charge in [-0.3, -0.25) is 9.69 Å². The number of methoxy groups -OCH3 is 1. The highest BCUT2D eigenvalue weighted by Gasteiger charge is 2.60. The van der Waals surface area contributed by atoms with Crippen molar-refractivity contribution in [3.05, 3.63) is 29.8 Å².